The van der Waals surface area contributed by atoms with Crippen molar-refractivity contribution in [3.05, 3.63) is 76.7 Å². The number of anilines is 1. The fourth-order valence-electron chi connectivity index (χ4n) is 2.69. The number of aryl methyl sites for hydroxylation is 1. The number of nitrogens with zero attached hydrogens (tertiary/aromatic N) is 2. The lowest BCUT2D eigenvalue weighted by molar-refractivity contribution is -0.115. The zero-order valence-electron chi connectivity index (χ0n) is 15.0. The maximum Gasteiger partial charge on any atom is 0.239 e. The highest BCUT2D eigenvalue weighted by Crippen LogP contribution is 2.19. The minimum absolute atomic E-state index is 0.0294. The molecule has 0 saturated heterocycles. The van der Waals surface area contributed by atoms with E-state index in [0.29, 0.717) is 16.5 Å². The van der Waals surface area contributed by atoms with Crippen molar-refractivity contribution in [2.75, 3.05) is 11.9 Å². The lowest BCUT2D eigenvalue weighted by Gasteiger charge is -2.15. The Balaban J connectivity index is 1.65. The van der Waals surface area contributed by atoms with Crippen LogP contribution in [-0.4, -0.2) is 22.2 Å². The fourth-order valence-corrected chi connectivity index (χ4v) is 2.89. The molecule has 1 amide bonds. The third kappa shape index (κ3) is 4.93. The molecular formula is C20H20ClFN4O. The van der Waals surface area contributed by atoms with Gasteiger partial charge in [0.25, 0.3) is 0 Å². The van der Waals surface area contributed by atoms with Crippen LogP contribution in [0.5, 0.6) is 0 Å². The van der Waals surface area contributed by atoms with Crippen LogP contribution >= 0.6 is 11.6 Å². The first-order chi connectivity index (χ1) is 12.9. The molecule has 1 unspecified atom stereocenters. The summed E-state index contributed by atoms with van der Waals surface area (Å²) in [4.78, 5) is 12.4. The van der Waals surface area contributed by atoms with Gasteiger partial charge in [0.15, 0.2) is 0 Å². The van der Waals surface area contributed by atoms with Gasteiger partial charge < -0.3 is 10.6 Å². The molecule has 0 radical (unpaired) electrons. The second-order valence-corrected chi connectivity index (χ2v) is 6.70. The number of rotatable bonds is 6. The van der Waals surface area contributed by atoms with Crippen LogP contribution in [0.1, 0.15) is 24.2 Å². The van der Waals surface area contributed by atoms with Crippen LogP contribution < -0.4 is 10.6 Å². The van der Waals surface area contributed by atoms with Gasteiger partial charge in [-0.05, 0) is 55.8 Å². The van der Waals surface area contributed by atoms with Crippen molar-refractivity contribution in [1.82, 2.24) is 15.1 Å². The van der Waals surface area contributed by atoms with Crippen LogP contribution in [0.3, 0.4) is 0 Å². The van der Waals surface area contributed by atoms with Crippen molar-refractivity contribution in [2.45, 2.75) is 19.9 Å². The number of hydrogen-bond donors (Lipinski definition) is 2. The molecule has 3 rings (SSSR count). The third-order valence-electron chi connectivity index (χ3n) is 4.09. The smallest absolute Gasteiger partial charge is 0.239 e. The number of hydrogen-bond acceptors (Lipinski definition) is 3. The Morgan fingerprint density at radius 3 is 2.67 bits per heavy atom. The lowest BCUT2D eigenvalue weighted by Crippen LogP contribution is -2.30. The van der Waals surface area contributed by atoms with Gasteiger partial charge in [-0.25, -0.2) is 9.07 Å². The number of amides is 1. The van der Waals surface area contributed by atoms with E-state index in [4.69, 9.17) is 11.6 Å². The zero-order valence-corrected chi connectivity index (χ0v) is 15.8. The highest BCUT2D eigenvalue weighted by Gasteiger charge is 2.13. The Bertz CT molecular complexity index is 939. The van der Waals surface area contributed by atoms with E-state index >= 15 is 0 Å². The molecule has 0 saturated carbocycles. The van der Waals surface area contributed by atoms with E-state index in [9.17, 15) is 9.18 Å². The van der Waals surface area contributed by atoms with Crippen molar-refractivity contribution in [2.24, 2.45) is 0 Å². The SMILES string of the molecule is Cc1cc(NC(=O)CNC(C)c2cccc(Cl)c2)n(-c2ccc(F)cc2)n1. The van der Waals surface area contributed by atoms with Gasteiger partial charge in [0, 0.05) is 17.1 Å². The molecule has 0 aliphatic carbocycles. The Hall–Kier alpha value is -2.70. The molecule has 1 heterocycles. The molecule has 3 aromatic rings. The normalized spacial score (nSPS) is 12.0. The number of halogens is 2. The molecule has 1 aromatic heterocycles. The van der Waals surface area contributed by atoms with Crippen molar-refractivity contribution in [1.29, 1.82) is 0 Å². The van der Waals surface area contributed by atoms with E-state index in [1.807, 2.05) is 38.1 Å². The van der Waals surface area contributed by atoms with E-state index < -0.39 is 0 Å². The minimum Gasteiger partial charge on any atom is -0.309 e. The second kappa shape index (κ2) is 8.33. The van der Waals surface area contributed by atoms with Crippen molar-refractivity contribution >= 4 is 23.3 Å². The molecule has 2 aromatic carbocycles. The first kappa shape index (κ1) is 19.1. The van der Waals surface area contributed by atoms with Gasteiger partial charge in [0.2, 0.25) is 5.91 Å². The van der Waals surface area contributed by atoms with Gasteiger partial charge in [-0.2, -0.15) is 5.10 Å². The third-order valence-corrected chi connectivity index (χ3v) is 4.32. The van der Waals surface area contributed by atoms with E-state index in [0.717, 1.165) is 11.3 Å². The summed E-state index contributed by atoms with van der Waals surface area (Å²) in [5.41, 5.74) is 2.41. The largest absolute Gasteiger partial charge is 0.309 e. The Kier molecular flexibility index (Phi) is 5.88. The average molecular weight is 387 g/mol. The average Bonchev–Trinajstić information content (AvgIpc) is 3.00. The maximum absolute atomic E-state index is 13.1. The number of nitrogens with one attached hydrogen (secondary N) is 2. The van der Waals surface area contributed by atoms with Gasteiger partial charge in [-0.3, -0.25) is 4.79 Å². The van der Waals surface area contributed by atoms with E-state index in [2.05, 4.69) is 15.7 Å². The summed E-state index contributed by atoms with van der Waals surface area (Å²) >= 11 is 6.01. The molecule has 0 fully saturated rings. The number of carbonyl (C=O) groups is 1. The first-order valence-electron chi connectivity index (χ1n) is 8.53. The summed E-state index contributed by atoms with van der Waals surface area (Å²) in [7, 11) is 0. The molecule has 7 heteroatoms. The molecule has 0 aliphatic heterocycles. The van der Waals surface area contributed by atoms with E-state index in [-0.39, 0.29) is 24.3 Å². The monoisotopic (exact) mass is 386 g/mol. The zero-order chi connectivity index (χ0) is 19.4. The van der Waals surface area contributed by atoms with E-state index in [1.54, 1.807) is 22.9 Å². The van der Waals surface area contributed by atoms with Gasteiger partial charge in [-0.1, -0.05) is 23.7 Å². The standard InChI is InChI=1S/C20H20ClFN4O/c1-13-10-19(26(25-13)18-8-6-17(22)7-9-18)24-20(27)12-23-14(2)15-4-3-5-16(21)11-15/h3-11,14,23H,12H2,1-2H3,(H,24,27). The highest BCUT2D eigenvalue weighted by molar-refractivity contribution is 6.30. The van der Waals surface area contributed by atoms with Gasteiger partial charge in [-0.15, -0.1) is 0 Å². The molecule has 140 valence electrons. The molecule has 5 nitrogen and oxygen atoms in total. The van der Waals surface area contributed by atoms with E-state index in [1.165, 1.54) is 12.1 Å². The van der Waals surface area contributed by atoms with Crippen LogP contribution in [0.2, 0.25) is 5.02 Å². The number of aromatic nitrogens is 2. The second-order valence-electron chi connectivity index (χ2n) is 6.26. The Morgan fingerprint density at radius 1 is 1.22 bits per heavy atom. The molecule has 0 bridgehead atoms. The van der Waals surface area contributed by atoms with Gasteiger partial charge >= 0.3 is 0 Å². The first-order valence-corrected chi connectivity index (χ1v) is 8.91. The predicted octanol–water partition coefficient (Wildman–Crippen LogP) is 4.26. The summed E-state index contributed by atoms with van der Waals surface area (Å²) in [6, 6.07) is 15.2. The lowest BCUT2D eigenvalue weighted by atomic mass is 10.1. The van der Waals surface area contributed by atoms with Crippen LogP contribution in [0.4, 0.5) is 10.2 Å². The highest BCUT2D eigenvalue weighted by atomic mass is 35.5. The van der Waals surface area contributed by atoms with Crippen LogP contribution in [-0.2, 0) is 4.79 Å². The number of carbonyl (C=O) groups excluding carboxylic acids is 1. The molecular weight excluding hydrogens is 367 g/mol. The topological polar surface area (TPSA) is 59.0 Å². The molecule has 1 atom stereocenters. The molecule has 0 aliphatic rings. The maximum atomic E-state index is 13.1. The van der Waals surface area contributed by atoms with Crippen molar-refractivity contribution < 1.29 is 9.18 Å². The number of benzene rings is 2. The summed E-state index contributed by atoms with van der Waals surface area (Å²) in [5, 5.41) is 11.0. The molecule has 27 heavy (non-hydrogen) atoms. The summed E-state index contributed by atoms with van der Waals surface area (Å²) in [6.07, 6.45) is 0. The van der Waals surface area contributed by atoms with Crippen molar-refractivity contribution in [3.63, 3.8) is 0 Å². The summed E-state index contributed by atoms with van der Waals surface area (Å²) < 4.78 is 14.7. The Labute approximate surface area is 162 Å². The molecule has 2 N–H and O–H groups in total. The van der Waals surface area contributed by atoms with Crippen LogP contribution in [0.15, 0.2) is 54.6 Å². The minimum atomic E-state index is -0.326. The van der Waals surface area contributed by atoms with Crippen molar-refractivity contribution in [3.8, 4) is 5.69 Å². The Morgan fingerprint density at radius 2 is 1.96 bits per heavy atom. The molecule has 0 spiro atoms. The van der Waals surface area contributed by atoms with Gasteiger partial charge in [0.05, 0.1) is 17.9 Å². The quantitative estimate of drug-likeness (QED) is 0.665. The summed E-state index contributed by atoms with van der Waals surface area (Å²) in [6.45, 7) is 3.92. The van der Waals surface area contributed by atoms with Crippen LogP contribution in [0.25, 0.3) is 5.69 Å². The summed E-state index contributed by atoms with van der Waals surface area (Å²) in [5.74, 6) is 0.000808. The fraction of sp³-hybridized carbons (Fsp3) is 0.200. The predicted molar refractivity (Wildman–Crippen MR) is 105 cm³/mol. The van der Waals surface area contributed by atoms with Crippen LogP contribution in [0, 0.1) is 12.7 Å². The van der Waals surface area contributed by atoms with Gasteiger partial charge in [0.1, 0.15) is 11.6 Å².